The molecule has 104 valence electrons. The molecule has 0 radical (unpaired) electrons. The Balaban J connectivity index is 2.31. The van der Waals surface area contributed by atoms with Crippen LogP contribution in [-0.2, 0) is 4.79 Å². The van der Waals surface area contributed by atoms with Gasteiger partial charge in [0.2, 0.25) is 5.91 Å². The van der Waals surface area contributed by atoms with E-state index in [2.05, 4.69) is 0 Å². The van der Waals surface area contributed by atoms with Gasteiger partial charge in [0.25, 0.3) is 0 Å². The number of benzene rings is 1. The van der Waals surface area contributed by atoms with Crippen molar-refractivity contribution in [3.05, 3.63) is 28.3 Å². The molecule has 1 aliphatic heterocycles. The van der Waals surface area contributed by atoms with E-state index in [9.17, 15) is 9.90 Å². The maximum absolute atomic E-state index is 12.0. The Morgan fingerprint density at radius 1 is 1.53 bits per heavy atom. The zero-order valence-corrected chi connectivity index (χ0v) is 11.8. The van der Waals surface area contributed by atoms with Crippen molar-refractivity contribution in [2.45, 2.75) is 32.2 Å². The first-order chi connectivity index (χ1) is 8.95. The molecule has 1 fully saturated rings. The summed E-state index contributed by atoms with van der Waals surface area (Å²) in [6.45, 7) is 4.09. The molecule has 0 aliphatic carbocycles. The van der Waals surface area contributed by atoms with Crippen LogP contribution in [0.3, 0.4) is 0 Å². The van der Waals surface area contributed by atoms with Crippen molar-refractivity contribution >= 4 is 17.5 Å². The maximum atomic E-state index is 12.0. The standard InChI is InChI=1S/C14H18ClNO3/c1-8-3-4-11(18)13(14(8)15)10-5-12(19)16(6-10)9(2)7-17/h3-4,9-10,17-18H,5-7H2,1-2H3/t9-,10-/m1/s1. The smallest absolute Gasteiger partial charge is 0.223 e. The first kappa shape index (κ1) is 14.2. The number of nitrogens with zero attached hydrogens (tertiary/aromatic N) is 1. The van der Waals surface area contributed by atoms with Crippen molar-refractivity contribution in [3.8, 4) is 5.75 Å². The van der Waals surface area contributed by atoms with Gasteiger partial charge in [-0.05, 0) is 25.5 Å². The summed E-state index contributed by atoms with van der Waals surface area (Å²) in [5, 5.41) is 19.7. The molecule has 0 aromatic heterocycles. The van der Waals surface area contributed by atoms with E-state index in [4.69, 9.17) is 16.7 Å². The van der Waals surface area contributed by atoms with Crippen LogP contribution in [0.15, 0.2) is 12.1 Å². The number of amides is 1. The number of hydrogen-bond acceptors (Lipinski definition) is 3. The molecule has 2 atom stereocenters. The highest BCUT2D eigenvalue weighted by Crippen LogP contribution is 2.40. The van der Waals surface area contributed by atoms with Crippen molar-refractivity contribution in [1.29, 1.82) is 0 Å². The van der Waals surface area contributed by atoms with Crippen molar-refractivity contribution in [1.82, 2.24) is 4.90 Å². The molecule has 2 N–H and O–H groups in total. The van der Waals surface area contributed by atoms with Gasteiger partial charge in [0.15, 0.2) is 0 Å². The van der Waals surface area contributed by atoms with Gasteiger partial charge in [-0.15, -0.1) is 0 Å². The minimum atomic E-state index is -0.205. The van der Waals surface area contributed by atoms with Crippen LogP contribution in [-0.4, -0.2) is 40.2 Å². The Hall–Kier alpha value is -1.26. The topological polar surface area (TPSA) is 60.8 Å². The fourth-order valence-electron chi connectivity index (χ4n) is 2.53. The van der Waals surface area contributed by atoms with Gasteiger partial charge >= 0.3 is 0 Å². The molecule has 0 saturated carbocycles. The Labute approximate surface area is 117 Å². The van der Waals surface area contributed by atoms with Crippen LogP contribution in [0.5, 0.6) is 5.75 Å². The zero-order valence-electron chi connectivity index (χ0n) is 11.1. The average molecular weight is 284 g/mol. The molecular weight excluding hydrogens is 266 g/mol. The van der Waals surface area contributed by atoms with Crippen LogP contribution in [0.4, 0.5) is 0 Å². The molecule has 1 aromatic rings. The van der Waals surface area contributed by atoms with Crippen molar-refractivity contribution < 1.29 is 15.0 Å². The summed E-state index contributed by atoms with van der Waals surface area (Å²) < 4.78 is 0. The van der Waals surface area contributed by atoms with E-state index in [0.29, 0.717) is 23.6 Å². The Morgan fingerprint density at radius 2 is 2.21 bits per heavy atom. The average Bonchev–Trinajstić information content (AvgIpc) is 2.75. The Bertz CT molecular complexity index is 504. The number of likely N-dealkylation sites (tertiary alicyclic amines) is 1. The summed E-state index contributed by atoms with van der Waals surface area (Å²) in [5.74, 6) is 0.00400. The zero-order chi connectivity index (χ0) is 14.2. The molecule has 1 aliphatic rings. The molecule has 0 bridgehead atoms. The normalized spacial score (nSPS) is 20.9. The number of rotatable bonds is 3. The van der Waals surface area contributed by atoms with Crippen molar-refractivity contribution in [2.75, 3.05) is 13.2 Å². The highest BCUT2D eigenvalue weighted by Gasteiger charge is 2.35. The molecule has 19 heavy (non-hydrogen) atoms. The number of halogens is 1. The van der Waals surface area contributed by atoms with Crippen LogP contribution < -0.4 is 0 Å². The first-order valence-corrected chi connectivity index (χ1v) is 6.71. The largest absolute Gasteiger partial charge is 0.508 e. The van der Waals surface area contributed by atoms with Crippen LogP contribution in [0.2, 0.25) is 5.02 Å². The number of aromatic hydroxyl groups is 1. The summed E-state index contributed by atoms with van der Waals surface area (Å²) in [7, 11) is 0. The number of aliphatic hydroxyl groups is 1. The summed E-state index contributed by atoms with van der Waals surface area (Å²) in [5.41, 5.74) is 1.53. The van der Waals surface area contributed by atoms with E-state index in [1.54, 1.807) is 24.0 Å². The number of phenolic OH excluding ortho intramolecular Hbond substituents is 1. The van der Waals surface area contributed by atoms with Gasteiger partial charge in [-0.2, -0.15) is 0 Å². The van der Waals surface area contributed by atoms with Gasteiger partial charge in [-0.25, -0.2) is 0 Å². The number of carbonyl (C=O) groups is 1. The van der Waals surface area contributed by atoms with E-state index in [-0.39, 0.29) is 30.2 Å². The molecule has 1 heterocycles. The maximum Gasteiger partial charge on any atom is 0.223 e. The number of aryl methyl sites for hydroxylation is 1. The van der Waals surface area contributed by atoms with E-state index >= 15 is 0 Å². The van der Waals surface area contributed by atoms with Gasteiger partial charge < -0.3 is 15.1 Å². The Morgan fingerprint density at radius 3 is 2.84 bits per heavy atom. The third-order valence-corrected chi connectivity index (χ3v) is 4.21. The first-order valence-electron chi connectivity index (χ1n) is 6.34. The molecule has 1 aromatic carbocycles. The number of aliphatic hydroxyl groups excluding tert-OH is 1. The van der Waals surface area contributed by atoms with E-state index < -0.39 is 0 Å². The van der Waals surface area contributed by atoms with Crippen molar-refractivity contribution in [2.24, 2.45) is 0 Å². The number of hydrogen-bond donors (Lipinski definition) is 2. The third-order valence-electron chi connectivity index (χ3n) is 3.71. The van der Waals surface area contributed by atoms with Gasteiger partial charge in [-0.3, -0.25) is 4.79 Å². The highest BCUT2D eigenvalue weighted by molar-refractivity contribution is 6.32. The van der Waals surface area contributed by atoms with Crippen LogP contribution in [0.25, 0.3) is 0 Å². The summed E-state index contributed by atoms with van der Waals surface area (Å²) in [6, 6.07) is 3.16. The fourth-order valence-corrected chi connectivity index (χ4v) is 2.84. The minimum absolute atomic E-state index is 0.0106. The monoisotopic (exact) mass is 283 g/mol. The van der Waals surface area contributed by atoms with Crippen LogP contribution in [0.1, 0.15) is 30.4 Å². The molecule has 0 spiro atoms. The third kappa shape index (κ3) is 2.55. The lowest BCUT2D eigenvalue weighted by Crippen LogP contribution is -2.36. The highest BCUT2D eigenvalue weighted by atomic mass is 35.5. The molecule has 5 heteroatoms. The van der Waals surface area contributed by atoms with Gasteiger partial charge in [0.05, 0.1) is 17.7 Å². The van der Waals surface area contributed by atoms with Gasteiger partial charge in [-0.1, -0.05) is 17.7 Å². The lowest BCUT2D eigenvalue weighted by atomic mass is 9.95. The molecule has 4 nitrogen and oxygen atoms in total. The van der Waals surface area contributed by atoms with Crippen LogP contribution >= 0.6 is 11.6 Å². The van der Waals surface area contributed by atoms with Gasteiger partial charge in [0.1, 0.15) is 5.75 Å². The molecular formula is C14H18ClNO3. The second kappa shape index (κ2) is 5.39. The SMILES string of the molecule is Cc1ccc(O)c([C@@H]2CC(=O)N([C@H](C)CO)C2)c1Cl. The summed E-state index contributed by atoms with van der Waals surface area (Å²) in [6.07, 6.45) is 0.321. The lowest BCUT2D eigenvalue weighted by molar-refractivity contribution is -0.130. The molecule has 0 unspecified atom stereocenters. The summed E-state index contributed by atoms with van der Waals surface area (Å²) >= 11 is 6.25. The summed E-state index contributed by atoms with van der Waals surface area (Å²) in [4.78, 5) is 13.6. The Kier molecular flexibility index (Phi) is 4.02. The van der Waals surface area contributed by atoms with E-state index in [1.807, 2.05) is 6.92 Å². The number of carbonyl (C=O) groups excluding carboxylic acids is 1. The van der Waals surface area contributed by atoms with Crippen LogP contribution in [0, 0.1) is 6.92 Å². The molecule has 2 rings (SSSR count). The second-order valence-electron chi connectivity index (χ2n) is 5.11. The quantitative estimate of drug-likeness (QED) is 0.892. The fraction of sp³-hybridized carbons (Fsp3) is 0.500. The molecule has 1 amide bonds. The van der Waals surface area contributed by atoms with Crippen molar-refractivity contribution in [3.63, 3.8) is 0 Å². The minimum Gasteiger partial charge on any atom is -0.508 e. The van der Waals surface area contributed by atoms with Gasteiger partial charge in [0, 0.05) is 24.4 Å². The predicted octanol–water partition coefficient (Wildman–Crippen LogP) is 2.05. The number of phenols is 1. The van der Waals surface area contributed by atoms with E-state index in [0.717, 1.165) is 5.56 Å². The lowest BCUT2D eigenvalue weighted by Gasteiger charge is -2.23. The van der Waals surface area contributed by atoms with E-state index in [1.165, 1.54) is 0 Å². The second-order valence-corrected chi connectivity index (χ2v) is 5.49. The molecule has 1 saturated heterocycles. The predicted molar refractivity (Wildman–Crippen MR) is 73.5 cm³/mol.